The van der Waals surface area contributed by atoms with Gasteiger partial charge in [-0.2, -0.15) is 13.2 Å². The summed E-state index contributed by atoms with van der Waals surface area (Å²) in [5.41, 5.74) is 0. The second-order valence-corrected chi connectivity index (χ2v) is 7.41. The lowest BCUT2D eigenvalue weighted by molar-refractivity contribution is -0.147. The number of rotatable bonds is 6. The quantitative estimate of drug-likeness (QED) is 0.725. The maximum Gasteiger partial charge on any atom is 0.390 e. The van der Waals surface area contributed by atoms with E-state index in [2.05, 4.69) is 0 Å². The number of hydrogen-bond donors (Lipinski definition) is 0. The Bertz CT molecular complexity index is 417. The molecule has 2 aliphatic heterocycles. The van der Waals surface area contributed by atoms with Crippen molar-refractivity contribution in [2.24, 2.45) is 11.8 Å². The van der Waals surface area contributed by atoms with Gasteiger partial charge in [-0.15, -0.1) is 0 Å². The lowest BCUT2D eigenvalue weighted by Crippen LogP contribution is -2.46. The van der Waals surface area contributed by atoms with Crippen molar-refractivity contribution in [3.8, 4) is 0 Å². The van der Waals surface area contributed by atoms with E-state index in [4.69, 9.17) is 4.74 Å². The molecule has 1 atom stereocenters. The Kier molecular flexibility index (Phi) is 7.55. The predicted molar refractivity (Wildman–Crippen MR) is 90.2 cm³/mol. The Balaban J connectivity index is 1.77. The Morgan fingerprint density at radius 3 is 2.32 bits per heavy atom. The summed E-state index contributed by atoms with van der Waals surface area (Å²) < 4.78 is 43.2. The second kappa shape index (κ2) is 9.21. The van der Waals surface area contributed by atoms with Crippen LogP contribution in [0.2, 0.25) is 0 Å². The van der Waals surface area contributed by atoms with Crippen molar-refractivity contribution >= 4 is 5.91 Å². The van der Waals surface area contributed by atoms with Crippen molar-refractivity contribution in [1.82, 2.24) is 9.80 Å². The minimum atomic E-state index is -4.12. The van der Waals surface area contributed by atoms with Gasteiger partial charge in [-0.1, -0.05) is 6.92 Å². The number of ether oxygens (including phenoxy) is 1. The topological polar surface area (TPSA) is 32.8 Å². The van der Waals surface area contributed by atoms with Gasteiger partial charge in [-0.05, 0) is 45.1 Å². The third-order valence-electron chi connectivity index (χ3n) is 5.55. The Morgan fingerprint density at radius 1 is 1.20 bits per heavy atom. The number of amides is 1. The first-order valence-electron chi connectivity index (χ1n) is 9.47. The van der Waals surface area contributed by atoms with Crippen LogP contribution in [0.4, 0.5) is 13.2 Å². The standard InChI is InChI=1S/C18H31F3N2O2/c1-3-22(14(2)12-18(19,20)21)13-15-4-8-23(9-5-15)17(24)16-6-10-25-11-7-16/h14-16H,3-13H2,1-2H3. The number of halogens is 3. The Hall–Kier alpha value is -0.820. The number of nitrogens with zero attached hydrogens (tertiary/aromatic N) is 2. The van der Waals surface area contributed by atoms with Crippen LogP contribution < -0.4 is 0 Å². The maximum absolute atomic E-state index is 12.6. The molecule has 0 aromatic rings. The first-order valence-corrected chi connectivity index (χ1v) is 9.47. The molecule has 4 nitrogen and oxygen atoms in total. The third-order valence-corrected chi connectivity index (χ3v) is 5.55. The van der Waals surface area contributed by atoms with Crippen LogP contribution in [-0.2, 0) is 9.53 Å². The molecule has 2 heterocycles. The molecule has 0 spiro atoms. The molecule has 0 saturated carbocycles. The van der Waals surface area contributed by atoms with Crippen LogP contribution >= 0.6 is 0 Å². The van der Waals surface area contributed by atoms with E-state index in [0.29, 0.717) is 32.2 Å². The van der Waals surface area contributed by atoms with Gasteiger partial charge in [-0.3, -0.25) is 4.79 Å². The molecule has 0 aliphatic carbocycles. The predicted octanol–water partition coefficient (Wildman–Crippen LogP) is 3.31. The van der Waals surface area contributed by atoms with Crippen LogP contribution in [-0.4, -0.2) is 67.3 Å². The van der Waals surface area contributed by atoms with E-state index >= 15 is 0 Å². The van der Waals surface area contributed by atoms with E-state index < -0.39 is 18.6 Å². The smallest absolute Gasteiger partial charge is 0.381 e. The van der Waals surface area contributed by atoms with Crippen molar-refractivity contribution in [1.29, 1.82) is 0 Å². The van der Waals surface area contributed by atoms with E-state index in [-0.39, 0.29) is 11.8 Å². The average molecular weight is 364 g/mol. The second-order valence-electron chi connectivity index (χ2n) is 7.41. The van der Waals surface area contributed by atoms with E-state index in [0.717, 1.165) is 38.8 Å². The monoisotopic (exact) mass is 364 g/mol. The number of likely N-dealkylation sites (tertiary alicyclic amines) is 1. The fraction of sp³-hybridized carbons (Fsp3) is 0.944. The largest absolute Gasteiger partial charge is 0.390 e. The van der Waals surface area contributed by atoms with Gasteiger partial charge in [0.05, 0.1) is 6.42 Å². The summed E-state index contributed by atoms with van der Waals surface area (Å²) in [4.78, 5) is 16.4. The first kappa shape index (κ1) is 20.5. The zero-order chi connectivity index (χ0) is 18.4. The Labute approximate surface area is 148 Å². The third kappa shape index (κ3) is 6.44. The minimum absolute atomic E-state index is 0.0873. The molecule has 25 heavy (non-hydrogen) atoms. The molecule has 0 radical (unpaired) electrons. The van der Waals surface area contributed by atoms with Gasteiger partial charge in [0.2, 0.25) is 5.91 Å². The molecule has 0 aromatic carbocycles. The van der Waals surface area contributed by atoms with Crippen molar-refractivity contribution < 1.29 is 22.7 Å². The van der Waals surface area contributed by atoms with Gasteiger partial charge >= 0.3 is 6.18 Å². The molecule has 2 aliphatic rings. The highest BCUT2D eigenvalue weighted by Crippen LogP contribution is 2.27. The SMILES string of the molecule is CCN(CC1CCN(C(=O)C2CCOCC2)CC1)C(C)CC(F)(F)F. The van der Waals surface area contributed by atoms with Crippen LogP contribution in [0.5, 0.6) is 0 Å². The summed E-state index contributed by atoms with van der Waals surface area (Å²) in [6, 6.07) is -0.494. The summed E-state index contributed by atoms with van der Waals surface area (Å²) in [6.07, 6.45) is -1.52. The van der Waals surface area contributed by atoms with Gasteiger partial charge in [0, 0.05) is 44.8 Å². The molecular weight excluding hydrogens is 333 g/mol. The van der Waals surface area contributed by atoms with E-state index in [1.165, 1.54) is 0 Å². The number of alkyl halides is 3. The molecule has 0 N–H and O–H groups in total. The summed E-state index contributed by atoms with van der Waals surface area (Å²) in [5, 5.41) is 0. The van der Waals surface area contributed by atoms with Gasteiger partial charge in [-0.25, -0.2) is 0 Å². The van der Waals surface area contributed by atoms with Crippen LogP contribution in [0.3, 0.4) is 0 Å². The average Bonchev–Trinajstić information content (AvgIpc) is 2.58. The lowest BCUT2D eigenvalue weighted by atomic mass is 9.92. The van der Waals surface area contributed by atoms with E-state index in [1.54, 1.807) is 6.92 Å². The number of carbonyl (C=O) groups excluding carboxylic acids is 1. The number of hydrogen-bond acceptors (Lipinski definition) is 3. The highest BCUT2D eigenvalue weighted by molar-refractivity contribution is 5.79. The summed E-state index contributed by atoms with van der Waals surface area (Å²) in [5.74, 6) is 0.693. The highest BCUT2D eigenvalue weighted by atomic mass is 19.4. The molecule has 0 aromatic heterocycles. The van der Waals surface area contributed by atoms with Crippen LogP contribution in [0.15, 0.2) is 0 Å². The molecule has 1 amide bonds. The fourth-order valence-corrected chi connectivity index (χ4v) is 3.96. The molecule has 2 saturated heterocycles. The van der Waals surface area contributed by atoms with Crippen LogP contribution in [0.1, 0.15) is 46.0 Å². The van der Waals surface area contributed by atoms with Crippen LogP contribution in [0, 0.1) is 11.8 Å². The summed E-state index contributed by atoms with van der Waals surface area (Å²) >= 11 is 0. The Morgan fingerprint density at radius 2 is 1.80 bits per heavy atom. The molecule has 146 valence electrons. The highest BCUT2D eigenvalue weighted by Gasteiger charge is 2.34. The minimum Gasteiger partial charge on any atom is -0.381 e. The zero-order valence-corrected chi connectivity index (χ0v) is 15.4. The van der Waals surface area contributed by atoms with Gasteiger partial charge in [0.1, 0.15) is 0 Å². The van der Waals surface area contributed by atoms with Crippen molar-refractivity contribution in [2.75, 3.05) is 39.4 Å². The molecule has 2 fully saturated rings. The molecule has 1 unspecified atom stereocenters. The fourth-order valence-electron chi connectivity index (χ4n) is 3.96. The zero-order valence-electron chi connectivity index (χ0n) is 15.4. The van der Waals surface area contributed by atoms with E-state index in [1.807, 2.05) is 16.7 Å². The number of carbonyl (C=O) groups is 1. The first-order chi connectivity index (χ1) is 11.8. The van der Waals surface area contributed by atoms with Gasteiger partial charge in [0.15, 0.2) is 0 Å². The van der Waals surface area contributed by atoms with Crippen molar-refractivity contribution in [3.05, 3.63) is 0 Å². The van der Waals surface area contributed by atoms with Gasteiger partial charge in [0.25, 0.3) is 0 Å². The number of piperidine rings is 1. The normalized spacial score (nSPS) is 22.4. The van der Waals surface area contributed by atoms with Crippen LogP contribution in [0.25, 0.3) is 0 Å². The summed E-state index contributed by atoms with van der Waals surface area (Å²) in [7, 11) is 0. The van der Waals surface area contributed by atoms with E-state index in [9.17, 15) is 18.0 Å². The van der Waals surface area contributed by atoms with Crippen molar-refractivity contribution in [2.45, 2.75) is 58.2 Å². The molecular formula is C18H31F3N2O2. The molecule has 2 rings (SSSR count). The molecule has 7 heteroatoms. The maximum atomic E-state index is 12.6. The van der Waals surface area contributed by atoms with Gasteiger partial charge < -0.3 is 14.5 Å². The summed E-state index contributed by atoms with van der Waals surface area (Å²) in [6.45, 7) is 7.66. The lowest BCUT2D eigenvalue weighted by Gasteiger charge is -2.38. The molecule has 0 bridgehead atoms. The van der Waals surface area contributed by atoms with Crippen molar-refractivity contribution in [3.63, 3.8) is 0 Å².